The van der Waals surface area contributed by atoms with Crippen LogP contribution in [0.2, 0.25) is 10.0 Å². The lowest BCUT2D eigenvalue weighted by Gasteiger charge is -2.28. The highest BCUT2D eigenvalue weighted by molar-refractivity contribution is 6.31. The van der Waals surface area contributed by atoms with Gasteiger partial charge in [-0.1, -0.05) is 83.9 Å². The van der Waals surface area contributed by atoms with Gasteiger partial charge in [-0.15, -0.1) is 0 Å². The molecule has 4 nitrogen and oxygen atoms in total. The SMILES string of the molecule is CC(=NN1C(=O)CN(Cc2ccccc2)C1c1ccccc1Cl)c1ccc(Cl)cc1. The van der Waals surface area contributed by atoms with Gasteiger partial charge >= 0.3 is 0 Å². The van der Waals surface area contributed by atoms with Crippen LogP contribution < -0.4 is 0 Å². The Kier molecular flexibility index (Phi) is 6.18. The first-order chi connectivity index (χ1) is 14.5. The maximum absolute atomic E-state index is 13.0. The van der Waals surface area contributed by atoms with E-state index in [1.807, 2.05) is 73.7 Å². The summed E-state index contributed by atoms with van der Waals surface area (Å²) in [4.78, 5) is 15.1. The van der Waals surface area contributed by atoms with Crippen molar-refractivity contribution in [2.24, 2.45) is 5.10 Å². The van der Waals surface area contributed by atoms with E-state index in [1.165, 1.54) is 0 Å². The molecule has 1 amide bonds. The summed E-state index contributed by atoms with van der Waals surface area (Å²) in [5.41, 5.74) is 3.63. The number of halogens is 2. The van der Waals surface area contributed by atoms with Gasteiger partial charge in [0.2, 0.25) is 0 Å². The highest BCUT2D eigenvalue weighted by atomic mass is 35.5. The Morgan fingerprint density at radius 2 is 1.63 bits per heavy atom. The number of carbonyl (C=O) groups excluding carboxylic acids is 1. The van der Waals surface area contributed by atoms with Gasteiger partial charge in [-0.2, -0.15) is 5.10 Å². The highest BCUT2D eigenvalue weighted by Crippen LogP contribution is 2.36. The summed E-state index contributed by atoms with van der Waals surface area (Å²) in [6.07, 6.45) is -0.381. The molecule has 1 atom stereocenters. The summed E-state index contributed by atoms with van der Waals surface area (Å²) in [5, 5.41) is 7.52. The first-order valence-electron chi connectivity index (χ1n) is 9.68. The molecule has 6 heteroatoms. The molecule has 1 heterocycles. The van der Waals surface area contributed by atoms with Gasteiger partial charge in [-0.05, 0) is 36.2 Å². The van der Waals surface area contributed by atoms with E-state index in [1.54, 1.807) is 5.01 Å². The van der Waals surface area contributed by atoms with Gasteiger partial charge in [0.1, 0.15) is 6.17 Å². The van der Waals surface area contributed by atoms with Gasteiger partial charge in [-0.3, -0.25) is 9.69 Å². The summed E-state index contributed by atoms with van der Waals surface area (Å²) in [5.74, 6) is -0.0656. The van der Waals surface area contributed by atoms with Crippen LogP contribution in [-0.4, -0.2) is 28.1 Å². The molecule has 30 heavy (non-hydrogen) atoms. The molecule has 152 valence electrons. The average Bonchev–Trinajstić information content (AvgIpc) is 3.04. The minimum atomic E-state index is -0.381. The molecule has 0 radical (unpaired) electrons. The molecule has 4 rings (SSSR count). The molecule has 3 aromatic carbocycles. The largest absolute Gasteiger partial charge is 0.271 e. The van der Waals surface area contributed by atoms with Gasteiger partial charge < -0.3 is 0 Å². The Balaban J connectivity index is 1.72. The molecule has 1 fully saturated rings. The van der Waals surface area contributed by atoms with Crippen LogP contribution in [-0.2, 0) is 11.3 Å². The van der Waals surface area contributed by atoms with Crippen molar-refractivity contribution in [2.45, 2.75) is 19.6 Å². The molecule has 1 aliphatic rings. The Morgan fingerprint density at radius 3 is 2.33 bits per heavy atom. The van der Waals surface area contributed by atoms with Crippen molar-refractivity contribution in [3.63, 3.8) is 0 Å². The predicted molar refractivity (Wildman–Crippen MR) is 122 cm³/mol. The zero-order valence-corrected chi connectivity index (χ0v) is 18.0. The Hall–Kier alpha value is -2.66. The number of hydrazone groups is 1. The molecular weight excluding hydrogens is 417 g/mol. The van der Waals surface area contributed by atoms with E-state index in [4.69, 9.17) is 28.3 Å². The number of benzene rings is 3. The molecule has 1 aliphatic heterocycles. The quantitative estimate of drug-likeness (QED) is 0.475. The van der Waals surface area contributed by atoms with Crippen LogP contribution in [0.25, 0.3) is 0 Å². The normalized spacial score (nSPS) is 17.6. The maximum Gasteiger partial charge on any atom is 0.258 e. The zero-order valence-electron chi connectivity index (χ0n) is 16.5. The Labute approximate surface area is 186 Å². The summed E-state index contributed by atoms with van der Waals surface area (Å²) in [6.45, 7) is 2.77. The second-order valence-corrected chi connectivity index (χ2v) is 8.06. The molecule has 1 saturated heterocycles. The van der Waals surface area contributed by atoms with E-state index >= 15 is 0 Å². The fourth-order valence-electron chi connectivity index (χ4n) is 3.62. The number of rotatable bonds is 5. The molecule has 0 N–H and O–H groups in total. The summed E-state index contributed by atoms with van der Waals surface area (Å²) in [7, 11) is 0. The van der Waals surface area contributed by atoms with E-state index in [9.17, 15) is 4.79 Å². The second kappa shape index (κ2) is 9.00. The number of nitrogens with zero attached hydrogens (tertiary/aromatic N) is 3. The second-order valence-electron chi connectivity index (χ2n) is 7.22. The van der Waals surface area contributed by atoms with Crippen LogP contribution in [0.5, 0.6) is 0 Å². The van der Waals surface area contributed by atoms with Crippen molar-refractivity contribution in [3.05, 3.63) is 106 Å². The van der Waals surface area contributed by atoms with Gasteiger partial charge in [0, 0.05) is 22.2 Å². The van der Waals surface area contributed by atoms with Crippen molar-refractivity contribution >= 4 is 34.8 Å². The number of hydrogen-bond acceptors (Lipinski definition) is 3. The summed E-state index contributed by atoms with van der Waals surface area (Å²) in [6, 6.07) is 25.1. The highest BCUT2D eigenvalue weighted by Gasteiger charge is 2.40. The van der Waals surface area contributed by atoms with Crippen LogP contribution in [0.1, 0.15) is 29.8 Å². The summed E-state index contributed by atoms with van der Waals surface area (Å²) < 4.78 is 0. The molecule has 0 aromatic heterocycles. The fourth-order valence-corrected chi connectivity index (χ4v) is 3.98. The van der Waals surface area contributed by atoms with Crippen LogP contribution in [0.4, 0.5) is 0 Å². The molecule has 1 unspecified atom stereocenters. The van der Waals surface area contributed by atoms with Crippen molar-refractivity contribution < 1.29 is 4.79 Å². The maximum atomic E-state index is 13.0. The van der Waals surface area contributed by atoms with Gasteiger partial charge in [0.15, 0.2) is 0 Å². The van der Waals surface area contributed by atoms with Crippen molar-refractivity contribution in [2.75, 3.05) is 6.54 Å². The molecule has 0 spiro atoms. The van der Waals surface area contributed by atoms with Crippen molar-refractivity contribution in [1.29, 1.82) is 0 Å². The van der Waals surface area contributed by atoms with Gasteiger partial charge in [-0.25, -0.2) is 5.01 Å². The number of hydrogen-bond donors (Lipinski definition) is 0. The minimum Gasteiger partial charge on any atom is -0.271 e. The third kappa shape index (κ3) is 4.41. The van der Waals surface area contributed by atoms with Crippen LogP contribution in [0.15, 0.2) is 84.0 Å². The topological polar surface area (TPSA) is 35.9 Å². The third-order valence-corrected chi connectivity index (χ3v) is 5.70. The number of amides is 1. The van der Waals surface area contributed by atoms with Crippen LogP contribution in [0, 0.1) is 0 Å². The lowest BCUT2D eigenvalue weighted by molar-refractivity contribution is -0.128. The first kappa shape index (κ1) is 20.6. The average molecular weight is 438 g/mol. The lowest BCUT2D eigenvalue weighted by atomic mass is 10.1. The van der Waals surface area contributed by atoms with Crippen molar-refractivity contribution in [1.82, 2.24) is 9.91 Å². The zero-order chi connectivity index (χ0) is 21.1. The molecule has 0 saturated carbocycles. The van der Waals surface area contributed by atoms with Crippen LogP contribution >= 0.6 is 23.2 Å². The van der Waals surface area contributed by atoms with Crippen molar-refractivity contribution in [3.8, 4) is 0 Å². The van der Waals surface area contributed by atoms with E-state index in [2.05, 4.69) is 17.0 Å². The van der Waals surface area contributed by atoms with Gasteiger partial charge in [0.25, 0.3) is 5.91 Å². The van der Waals surface area contributed by atoms with Crippen LogP contribution in [0.3, 0.4) is 0 Å². The number of carbonyl (C=O) groups is 1. The minimum absolute atomic E-state index is 0.0656. The predicted octanol–water partition coefficient (Wildman–Crippen LogP) is 5.76. The monoisotopic (exact) mass is 437 g/mol. The molecule has 0 aliphatic carbocycles. The molecule has 0 bridgehead atoms. The van der Waals surface area contributed by atoms with E-state index in [0.717, 1.165) is 22.4 Å². The third-order valence-electron chi connectivity index (χ3n) is 5.10. The first-order valence-corrected chi connectivity index (χ1v) is 10.4. The Morgan fingerprint density at radius 1 is 0.967 bits per heavy atom. The summed E-state index contributed by atoms with van der Waals surface area (Å²) >= 11 is 12.5. The smallest absolute Gasteiger partial charge is 0.258 e. The van der Waals surface area contributed by atoms with E-state index in [-0.39, 0.29) is 18.6 Å². The van der Waals surface area contributed by atoms with Gasteiger partial charge in [0.05, 0.1) is 12.3 Å². The lowest BCUT2D eigenvalue weighted by Crippen LogP contribution is -2.29. The standard InChI is InChI=1S/C24H21Cl2N3O/c1-17(19-11-13-20(25)14-12-19)27-29-23(30)16-28(15-18-7-3-2-4-8-18)24(29)21-9-5-6-10-22(21)26/h2-14,24H,15-16H2,1H3. The van der Waals surface area contributed by atoms with E-state index in [0.29, 0.717) is 16.6 Å². The van der Waals surface area contributed by atoms with E-state index < -0.39 is 0 Å². The Bertz CT molecular complexity index is 1070. The molecule has 3 aromatic rings. The molecular formula is C24H21Cl2N3O. The fraction of sp³-hybridized carbons (Fsp3) is 0.167.